The lowest BCUT2D eigenvalue weighted by Crippen LogP contribution is -2.04. The molecule has 1 aromatic heterocycles. The van der Waals surface area contributed by atoms with Crippen molar-refractivity contribution in [2.24, 2.45) is 0 Å². The highest BCUT2D eigenvalue weighted by atomic mass is 79.9. The number of carbonyl (C=O) groups excluding carboxylic acids is 1. The van der Waals surface area contributed by atoms with Crippen molar-refractivity contribution in [3.05, 3.63) is 50.6 Å². The number of Topliss-reactive ketones (excluding diaryl/α,β-unsaturated/α-hetero) is 1. The van der Waals surface area contributed by atoms with Gasteiger partial charge in [-0.1, -0.05) is 17.7 Å². The summed E-state index contributed by atoms with van der Waals surface area (Å²) in [5, 5.41) is 2.00. The third kappa shape index (κ3) is 3.97. The van der Waals surface area contributed by atoms with E-state index in [0.29, 0.717) is 12.2 Å². The second-order valence-electron chi connectivity index (χ2n) is 4.01. The standard InChI is InChI=1S/C14H13BrOS2/c1-10-3-2-4-12(7-10)18-9-11(16)8-14-13(15)5-6-17-14/h2-7H,8-9H2,1H3. The Morgan fingerprint density at radius 2 is 2.22 bits per heavy atom. The van der Waals surface area contributed by atoms with Crippen molar-refractivity contribution in [2.75, 3.05) is 5.75 Å². The number of rotatable bonds is 5. The van der Waals surface area contributed by atoms with Gasteiger partial charge in [0.1, 0.15) is 5.78 Å². The fourth-order valence-corrected chi connectivity index (χ4v) is 3.95. The van der Waals surface area contributed by atoms with Crippen molar-refractivity contribution < 1.29 is 4.79 Å². The van der Waals surface area contributed by atoms with Gasteiger partial charge in [-0.05, 0) is 46.4 Å². The van der Waals surface area contributed by atoms with E-state index in [9.17, 15) is 4.79 Å². The van der Waals surface area contributed by atoms with Gasteiger partial charge in [0, 0.05) is 20.7 Å². The van der Waals surface area contributed by atoms with E-state index in [1.165, 1.54) is 5.56 Å². The van der Waals surface area contributed by atoms with E-state index in [1.807, 2.05) is 23.6 Å². The van der Waals surface area contributed by atoms with Crippen LogP contribution in [0.5, 0.6) is 0 Å². The summed E-state index contributed by atoms with van der Waals surface area (Å²) >= 11 is 6.69. The Bertz CT molecular complexity index is 548. The number of halogens is 1. The first-order chi connectivity index (χ1) is 8.65. The summed E-state index contributed by atoms with van der Waals surface area (Å²) in [6.07, 6.45) is 0.525. The van der Waals surface area contributed by atoms with Crippen LogP contribution in [-0.4, -0.2) is 11.5 Å². The number of hydrogen-bond acceptors (Lipinski definition) is 3. The van der Waals surface area contributed by atoms with Crippen LogP contribution in [0.2, 0.25) is 0 Å². The molecule has 0 aliphatic heterocycles. The maximum atomic E-state index is 11.9. The molecule has 0 fully saturated rings. The highest BCUT2D eigenvalue weighted by Crippen LogP contribution is 2.25. The van der Waals surface area contributed by atoms with Crippen LogP contribution in [0.15, 0.2) is 45.1 Å². The normalized spacial score (nSPS) is 10.6. The molecule has 0 amide bonds. The number of benzene rings is 1. The summed E-state index contributed by atoms with van der Waals surface area (Å²) in [7, 11) is 0. The molecular formula is C14H13BrOS2. The Balaban J connectivity index is 1.87. The minimum atomic E-state index is 0.268. The van der Waals surface area contributed by atoms with Gasteiger partial charge in [0.25, 0.3) is 0 Å². The van der Waals surface area contributed by atoms with Gasteiger partial charge in [-0.15, -0.1) is 23.1 Å². The molecule has 0 saturated carbocycles. The second-order valence-corrected chi connectivity index (χ2v) is 6.92. The first-order valence-electron chi connectivity index (χ1n) is 5.58. The molecule has 1 nitrogen and oxygen atoms in total. The third-order valence-electron chi connectivity index (χ3n) is 2.44. The van der Waals surface area contributed by atoms with Gasteiger partial charge in [-0.3, -0.25) is 4.79 Å². The average Bonchev–Trinajstić information content (AvgIpc) is 2.73. The lowest BCUT2D eigenvalue weighted by Gasteiger charge is -2.02. The summed E-state index contributed by atoms with van der Waals surface area (Å²) in [5.74, 6) is 0.804. The molecule has 0 atom stereocenters. The van der Waals surface area contributed by atoms with Gasteiger partial charge in [0.05, 0.1) is 5.75 Å². The number of thiophene rings is 1. The van der Waals surface area contributed by atoms with Crippen molar-refractivity contribution in [2.45, 2.75) is 18.2 Å². The molecule has 0 saturated heterocycles. The smallest absolute Gasteiger partial charge is 0.148 e. The maximum Gasteiger partial charge on any atom is 0.148 e. The van der Waals surface area contributed by atoms with Gasteiger partial charge in [-0.25, -0.2) is 0 Å². The van der Waals surface area contributed by atoms with Crippen molar-refractivity contribution >= 4 is 44.8 Å². The van der Waals surface area contributed by atoms with Crippen molar-refractivity contribution in [1.82, 2.24) is 0 Å². The lowest BCUT2D eigenvalue weighted by atomic mass is 10.2. The molecule has 4 heteroatoms. The van der Waals surface area contributed by atoms with Crippen LogP contribution in [0.4, 0.5) is 0 Å². The quantitative estimate of drug-likeness (QED) is 0.732. The number of ketones is 1. The lowest BCUT2D eigenvalue weighted by molar-refractivity contribution is -0.115. The number of carbonyl (C=O) groups is 1. The Morgan fingerprint density at radius 1 is 1.39 bits per heavy atom. The van der Waals surface area contributed by atoms with Gasteiger partial charge >= 0.3 is 0 Å². The van der Waals surface area contributed by atoms with Crippen LogP contribution in [0.25, 0.3) is 0 Å². The first kappa shape index (κ1) is 13.8. The molecule has 0 unspecified atom stereocenters. The predicted octanol–water partition coefficient (Wildman–Crippen LogP) is 4.72. The van der Waals surface area contributed by atoms with E-state index in [4.69, 9.17) is 0 Å². The zero-order valence-corrected chi connectivity index (χ0v) is 13.2. The van der Waals surface area contributed by atoms with Gasteiger partial charge in [0.15, 0.2) is 0 Å². The fourth-order valence-electron chi connectivity index (χ4n) is 1.55. The molecule has 0 aliphatic carbocycles. The minimum absolute atomic E-state index is 0.268. The Morgan fingerprint density at radius 3 is 2.89 bits per heavy atom. The number of thioether (sulfide) groups is 1. The predicted molar refractivity (Wildman–Crippen MR) is 82.6 cm³/mol. The zero-order valence-electron chi connectivity index (χ0n) is 9.98. The first-order valence-corrected chi connectivity index (χ1v) is 8.24. The molecule has 94 valence electrons. The number of aryl methyl sites for hydroxylation is 1. The maximum absolute atomic E-state index is 11.9. The van der Waals surface area contributed by atoms with E-state index in [-0.39, 0.29) is 5.78 Å². The fraction of sp³-hybridized carbons (Fsp3) is 0.214. The van der Waals surface area contributed by atoms with E-state index in [0.717, 1.165) is 14.2 Å². The van der Waals surface area contributed by atoms with Crippen LogP contribution in [0, 0.1) is 6.92 Å². The molecule has 2 rings (SSSR count). The van der Waals surface area contributed by atoms with Gasteiger partial charge in [-0.2, -0.15) is 0 Å². The van der Waals surface area contributed by atoms with E-state index in [1.54, 1.807) is 23.1 Å². The average molecular weight is 341 g/mol. The zero-order chi connectivity index (χ0) is 13.0. The van der Waals surface area contributed by atoms with Crippen LogP contribution in [0.1, 0.15) is 10.4 Å². The topological polar surface area (TPSA) is 17.1 Å². The van der Waals surface area contributed by atoms with Crippen molar-refractivity contribution in [3.63, 3.8) is 0 Å². The van der Waals surface area contributed by atoms with Crippen LogP contribution in [0.3, 0.4) is 0 Å². The molecule has 0 spiro atoms. The highest BCUT2D eigenvalue weighted by Gasteiger charge is 2.08. The summed E-state index contributed by atoms with van der Waals surface area (Å²) in [6.45, 7) is 2.06. The summed E-state index contributed by atoms with van der Waals surface area (Å²) in [6, 6.07) is 10.2. The largest absolute Gasteiger partial charge is 0.298 e. The molecule has 2 aromatic rings. The molecule has 0 aliphatic rings. The van der Waals surface area contributed by atoms with E-state index < -0.39 is 0 Å². The van der Waals surface area contributed by atoms with E-state index in [2.05, 4.69) is 35.0 Å². The van der Waals surface area contributed by atoms with Gasteiger partial charge in [0.2, 0.25) is 0 Å². The molecule has 0 bridgehead atoms. The van der Waals surface area contributed by atoms with Crippen molar-refractivity contribution in [3.8, 4) is 0 Å². The third-order valence-corrected chi connectivity index (χ3v) is 5.42. The van der Waals surface area contributed by atoms with Crippen LogP contribution >= 0.6 is 39.0 Å². The highest BCUT2D eigenvalue weighted by molar-refractivity contribution is 9.10. The summed E-state index contributed by atoms with van der Waals surface area (Å²) < 4.78 is 1.04. The Kier molecular flexibility index (Phi) is 5.03. The monoisotopic (exact) mass is 340 g/mol. The summed E-state index contributed by atoms with van der Waals surface area (Å²) in [4.78, 5) is 14.2. The number of hydrogen-bond donors (Lipinski definition) is 0. The van der Waals surface area contributed by atoms with Gasteiger partial charge < -0.3 is 0 Å². The Hall–Kier alpha value is -0.580. The van der Waals surface area contributed by atoms with Crippen LogP contribution in [-0.2, 0) is 11.2 Å². The Labute approximate surface area is 124 Å². The molecule has 18 heavy (non-hydrogen) atoms. The SMILES string of the molecule is Cc1cccc(SCC(=O)Cc2sccc2Br)c1. The molecule has 0 radical (unpaired) electrons. The van der Waals surface area contributed by atoms with Crippen LogP contribution < -0.4 is 0 Å². The minimum Gasteiger partial charge on any atom is -0.298 e. The second kappa shape index (κ2) is 6.55. The summed E-state index contributed by atoms with van der Waals surface area (Å²) in [5.41, 5.74) is 1.23. The van der Waals surface area contributed by atoms with E-state index >= 15 is 0 Å². The molecule has 1 aromatic carbocycles. The molecule has 1 heterocycles. The van der Waals surface area contributed by atoms with Crippen molar-refractivity contribution in [1.29, 1.82) is 0 Å². The molecular weight excluding hydrogens is 328 g/mol. The molecule has 0 N–H and O–H groups in total.